The third kappa shape index (κ3) is 7.55. The Hall–Kier alpha value is -2.80. The molecule has 30 heavy (non-hydrogen) atoms. The molecule has 0 atom stereocenters. The monoisotopic (exact) mass is 434 g/mol. The highest BCUT2D eigenvalue weighted by molar-refractivity contribution is 6.30. The van der Waals surface area contributed by atoms with Crippen LogP contribution in [-0.2, 0) is 16.1 Å². The molecule has 0 fully saturated rings. The number of hydrogen-bond donors (Lipinski definition) is 1. The van der Waals surface area contributed by atoms with Gasteiger partial charge >= 0.3 is 0 Å². The second-order valence-corrected chi connectivity index (χ2v) is 8.84. The van der Waals surface area contributed by atoms with Gasteiger partial charge in [-0.05, 0) is 55.7 Å². The van der Waals surface area contributed by atoms with Gasteiger partial charge in [0.1, 0.15) is 12.4 Å². The normalized spacial score (nSPS) is 11.6. The van der Waals surface area contributed by atoms with E-state index in [0.717, 1.165) is 17.5 Å². The molecule has 0 saturated heterocycles. The van der Waals surface area contributed by atoms with Crippen LogP contribution >= 0.6 is 11.6 Å². The largest absolute Gasteiger partial charge is 0.478 e. The summed E-state index contributed by atoms with van der Waals surface area (Å²) in [6.07, 6.45) is 0.766. The van der Waals surface area contributed by atoms with Gasteiger partial charge in [0.2, 0.25) is 0 Å². The predicted molar refractivity (Wildman–Crippen MR) is 115 cm³/mol. The van der Waals surface area contributed by atoms with Gasteiger partial charge in [0.25, 0.3) is 11.0 Å². The molecule has 2 aromatic rings. The van der Waals surface area contributed by atoms with Gasteiger partial charge in [0.15, 0.2) is 5.60 Å². The fourth-order valence-electron chi connectivity index (χ4n) is 2.67. The maximum Gasteiger partial charge on any atom is 0.294 e. The van der Waals surface area contributed by atoms with E-state index in [-0.39, 0.29) is 19.1 Å². The Morgan fingerprint density at radius 3 is 2.10 bits per heavy atom. The zero-order chi connectivity index (χ0) is 22.4. The molecule has 162 valence electrons. The maximum absolute atomic E-state index is 12.6. The predicted octanol–water partition coefficient (Wildman–Crippen LogP) is 4.44. The molecule has 2 aromatic carbocycles. The summed E-state index contributed by atoms with van der Waals surface area (Å²) < 4.78 is 5.88. The molecule has 0 heterocycles. The molecular formula is C22H27ClN2O5. The average Bonchev–Trinajstić information content (AvgIpc) is 2.68. The van der Waals surface area contributed by atoms with E-state index in [1.165, 1.54) is 0 Å². The molecule has 0 aliphatic heterocycles. The number of amides is 1. The number of carbonyl (C=O) groups is 1. The van der Waals surface area contributed by atoms with Crippen LogP contribution < -0.4 is 10.1 Å². The van der Waals surface area contributed by atoms with Crippen LogP contribution in [0, 0.1) is 15.5 Å². The van der Waals surface area contributed by atoms with Crippen LogP contribution in [0.3, 0.4) is 0 Å². The summed E-state index contributed by atoms with van der Waals surface area (Å²) in [4.78, 5) is 27.3. The van der Waals surface area contributed by atoms with Crippen LogP contribution in [-0.4, -0.2) is 29.7 Å². The van der Waals surface area contributed by atoms with E-state index in [4.69, 9.17) is 16.3 Å². The van der Waals surface area contributed by atoms with Crippen molar-refractivity contribution in [2.45, 2.75) is 39.7 Å². The van der Waals surface area contributed by atoms with E-state index in [1.807, 2.05) is 48.5 Å². The number of nitrogens with zero attached hydrogens (tertiary/aromatic N) is 1. The van der Waals surface area contributed by atoms with Crippen molar-refractivity contribution in [3.8, 4) is 5.75 Å². The van der Waals surface area contributed by atoms with Crippen LogP contribution in [0.2, 0.25) is 5.02 Å². The van der Waals surface area contributed by atoms with Gasteiger partial charge in [-0.2, -0.15) is 0 Å². The average molecular weight is 435 g/mol. The number of halogens is 1. The second-order valence-electron chi connectivity index (χ2n) is 8.40. The summed E-state index contributed by atoms with van der Waals surface area (Å²) in [6, 6.07) is 15.3. The summed E-state index contributed by atoms with van der Waals surface area (Å²) in [5.74, 6) is 0.257. The van der Waals surface area contributed by atoms with Crippen LogP contribution in [0.5, 0.6) is 5.75 Å². The molecule has 8 heteroatoms. The van der Waals surface area contributed by atoms with Gasteiger partial charge in [-0.1, -0.05) is 49.7 Å². The van der Waals surface area contributed by atoms with Gasteiger partial charge in [-0.15, -0.1) is 10.1 Å². The molecule has 0 aliphatic rings. The van der Waals surface area contributed by atoms with Gasteiger partial charge in [0, 0.05) is 17.0 Å². The van der Waals surface area contributed by atoms with Gasteiger partial charge in [0.05, 0.1) is 0 Å². The molecule has 0 radical (unpaired) electrons. The van der Waals surface area contributed by atoms with Crippen molar-refractivity contribution < 1.29 is 19.5 Å². The zero-order valence-electron chi connectivity index (χ0n) is 17.6. The molecule has 1 N–H and O–H groups in total. The van der Waals surface area contributed by atoms with E-state index in [9.17, 15) is 14.9 Å². The Balaban J connectivity index is 1.91. The second kappa shape index (κ2) is 9.80. The Morgan fingerprint density at radius 2 is 1.57 bits per heavy atom. The molecular weight excluding hydrogens is 408 g/mol. The molecule has 0 spiro atoms. The first-order valence-corrected chi connectivity index (χ1v) is 9.93. The molecule has 0 bridgehead atoms. The molecule has 2 rings (SSSR count). The number of hydrogen-bond acceptors (Lipinski definition) is 5. The highest BCUT2D eigenvalue weighted by Crippen LogP contribution is 2.22. The maximum atomic E-state index is 12.6. The highest BCUT2D eigenvalue weighted by Gasteiger charge is 2.31. The SMILES string of the molecule is CC(C)(CNC(=O)C(C)(C)Oc1ccc(Cc2ccc(Cl)cc2)cc1)CO[N+](=O)[O-]. The van der Waals surface area contributed by atoms with Gasteiger partial charge in [-0.3, -0.25) is 4.79 Å². The first-order valence-electron chi connectivity index (χ1n) is 9.55. The zero-order valence-corrected chi connectivity index (χ0v) is 18.4. The van der Waals surface area contributed by atoms with Crippen molar-refractivity contribution in [3.63, 3.8) is 0 Å². The Morgan fingerprint density at radius 1 is 1.03 bits per heavy atom. The summed E-state index contributed by atoms with van der Waals surface area (Å²) >= 11 is 5.92. The quantitative estimate of drug-likeness (QED) is 0.441. The van der Waals surface area contributed by atoms with Crippen molar-refractivity contribution in [2.75, 3.05) is 13.2 Å². The highest BCUT2D eigenvalue weighted by atomic mass is 35.5. The van der Waals surface area contributed by atoms with Crippen molar-refractivity contribution in [1.29, 1.82) is 0 Å². The van der Waals surface area contributed by atoms with Crippen molar-refractivity contribution in [3.05, 3.63) is 74.8 Å². The van der Waals surface area contributed by atoms with E-state index in [0.29, 0.717) is 10.8 Å². The van der Waals surface area contributed by atoms with E-state index in [2.05, 4.69) is 10.2 Å². The number of ether oxygens (including phenoxy) is 1. The topological polar surface area (TPSA) is 90.7 Å². The molecule has 0 aromatic heterocycles. The van der Waals surface area contributed by atoms with Crippen LogP contribution in [0.25, 0.3) is 0 Å². The first kappa shape index (κ1) is 23.5. The third-order valence-corrected chi connectivity index (χ3v) is 4.70. The summed E-state index contributed by atoms with van der Waals surface area (Å²) in [5, 5.41) is 13.0. The van der Waals surface area contributed by atoms with Crippen LogP contribution in [0.1, 0.15) is 38.8 Å². The molecule has 0 aliphatic carbocycles. The smallest absolute Gasteiger partial charge is 0.294 e. The summed E-state index contributed by atoms with van der Waals surface area (Å²) in [7, 11) is 0. The molecule has 0 saturated carbocycles. The third-order valence-electron chi connectivity index (χ3n) is 4.45. The fourth-order valence-corrected chi connectivity index (χ4v) is 2.79. The summed E-state index contributed by atoms with van der Waals surface area (Å²) in [6.45, 7) is 6.98. The lowest BCUT2D eigenvalue weighted by molar-refractivity contribution is -0.760. The van der Waals surface area contributed by atoms with Crippen LogP contribution in [0.4, 0.5) is 0 Å². The number of rotatable bonds is 10. The standard InChI is InChI=1S/C22H27ClN2O5/c1-21(2,15-29-25(27)28)14-24-20(26)22(3,4)30-19-11-7-17(8-12-19)13-16-5-9-18(23)10-6-16/h5-12H,13-15H2,1-4H3,(H,24,26). The minimum absolute atomic E-state index is 0.114. The van der Waals surface area contributed by atoms with E-state index < -0.39 is 16.1 Å². The molecule has 0 unspecified atom stereocenters. The van der Waals surface area contributed by atoms with Gasteiger partial charge < -0.3 is 14.9 Å². The van der Waals surface area contributed by atoms with Crippen molar-refractivity contribution in [2.24, 2.45) is 5.41 Å². The van der Waals surface area contributed by atoms with Crippen LogP contribution in [0.15, 0.2) is 48.5 Å². The molecule has 7 nitrogen and oxygen atoms in total. The minimum Gasteiger partial charge on any atom is -0.478 e. The van der Waals surface area contributed by atoms with Gasteiger partial charge in [-0.25, -0.2) is 0 Å². The number of carbonyl (C=O) groups excluding carboxylic acids is 1. The lowest BCUT2D eigenvalue weighted by atomic mass is 9.94. The van der Waals surface area contributed by atoms with E-state index in [1.54, 1.807) is 27.7 Å². The lowest BCUT2D eigenvalue weighted by Gasteiger charge is -2.29. The fraction of sp³-hybridized carbons (Fsp3) is 0.409. The van der Waals surface area contributed by atoms with Crippen molar-refractivity contribution >= 4 is 17.5 Å². The Kier molecular flexibility index (Phi) is 7.67. The molecule has 1 amide bonds. The summed E-state index contributed by atoms with van der Waals surface area (Å²) in [5.41, 5.74) is 0.552. The van der Waals surface area contributed by atoms with Crippen molar-refractivity contribution in [1.82, 2.24) is 5.32 Å². The minimum atomic E-state index is -1.11. The number of benzene rings is 2. The lowest BCUT2D eigenvalue weighted by Crippen LogP contribution is -2.49. The Labute approximate surface area is 181 Å². The number of nitrogens with one attached hydrogen (secondary N) is 1. The van der Waals surface area contributed by atoms with E-state index >= 15 is 0 Å². The Bertz CT molecular complexity index is 864. The first-order chi connectivity index (χ1) is 14.0.